The van der Waals surface area contributed by atoms with Crippen LogP contribution in [0.15, 0.2) is 43.0 Å². The van der Waals surface area contributed by atoms with Crippen LogP contribution in [-0.4, -0.2) is 22.0 Å². The number of thioether (sulfide) groups is 1. The van der Waals surface area contributed by atoms with Gasteiger partial charge in [-0.25, -0.2) is 0 Å². The molecule has 1 aromatic carbocycles. The molecular weight excluding hydrogens is 326 g/mol. The summed E-state index contributed by atoms with van der Waals surface area (Å²) in [5.74, 6) is 1.69. The van der Waals surface area contributed by atoms with Crippen LogP contribution in [0.5, 0.6) is 5.75 Å². The van der Waals surface area contributed by atoms with E-state index in [1.807, 2.05) is 35.9 Å². The summed E-state index contributed by atoms with van der Waals surface area (Å²) in [6, 6.07) is 10.0. The number of rotatable bonds is 8. The average molecular weight is 348 g/mol. The number of pyridine rings is 1. The minimum absolute atomic E-state index is 0.0443. The van der Waals surface area contributed by atoms with Crippen molar-refractivity contribution >= 4 is 40.0 Å². The predicted molar refractivity (Wildman–Crippen MR) is 101 cm³/mol. The van der Waals surface area contributed by atoms with Crippen molar-refractivity contribution in [1.29, 1.82) is 0 Å². The van der Waals surface area contributed by atoms with Gasteiger partial charge in [-0.15, -0.1) is 0 Å². The molecule has 3 nitrogen and oxygen atoms in total. The molecule has 0 radical (unpaired) electrons. The lowest BCUT2D eigenvalue weighted by Gasteiger charge is -2.12. The van der Waals surface area contributed by atoms with Gasteiger partial charge in [0.05, 0.1) is 12.1 Å². The number of aromatic nitrogens is 1. The number of aryl methyl sites for hydroxylation is 1. The third-order valence-electron chi connectivity index (χ3n) is 3.57. The standard InChI is InChI=1S/C18H21NO2S2/c1-3-18(20)23-12-8-4-7-11-21-16-13-17(22)19(2)15-10-6-5-9-14(15)16/h3,5-6,9-10,13H,1,4,7-8,11-12H2,2H3. The first-order valence-corrected chi connectivity index (χ1v) is 9.03. The van der Waals surface area contributed by atoms with Gasteiger partial charge in [0.25, 0.3) is 0 Å². The van der Waals surface area contributed by atoms with Crippen molar-refractivity contribution < 1.29 is 9.53 Å². The Morgan fingerprint density at radius 2 is 2.13 bits per heavy atom. The highest BCUT2D eigenvalue weighted by atomic mass is 32.2. The number of para-hydroxylation sites is 1. The Kier molecular flexibility index (Phi) is 6.86. The molecule has 2 aromatic rings. The van der Waals surface area contributed by atoms with Crippen LogP contribution in [-0.2, 0) is 11.8 Å². The molecular formula is C18H21NO2S2. The normalized spacial score (nSPS) is 10.7. The highest BCUT2D eigenvalue weighted by Crippen LogP contribution is 2.26. The Hall–Kier alpha value is -1.59. The maximum absolute atomic E-state index is 11.1. The fraction of sp³-hybridized carbons (Fsp3) is 0.333. The van der Waals surface area contributed by atoms with E-state index < -0.39 is 0 Å². The van der Waals surface area contributed by atoms with Gasteiger partial charge in [-0.3, -0.25) is 4.79 Å². The van der Waals surface area contributed by atoms with E-state index in [1.54, 1.807) is 0 Å². The third-order valence-corrected chi connectivity index (χ3v) is 4.91. The number of ether oxygens (including phenoxy) is 1. The SMILES string of the molecule is C=CC(=O)SCCCCCOc1cc(=S)n(C)c2ccccc12. The molecule has 0 N–H and O–H groups in total. The van der Waals surface area contributed by atoms with Crippen LogP contribution < -0.4 is 4.74 Å². The van der Waals surface area contributed by atoms with Gasteiger partial charge >= 0.3 is 0 Å². The molecule has 2 rings (SSSR count). The molecule has 5 heteroatoms. The van der Waals surface area contributed by atoms with E-state index in [-0.39, 0.29) is 5.12 Å². The quantitative estimate of drug-likeness (QED) is 0.386. The van der Waals surface area contributed by atoms with Crippen molar-refractivity contribution in [2.45, 2.75) is 19.3 Å². The highest BCUT2D eigenvalue weighted by Gasteiger charge is 2.05. The molecule has 0 spiro atoms. The topological polar surface area (TPSA) is 31.2 Å². The molecule has 1 aromatic heterocycles. The number of carbonyl (C=O) groups excluding carboxylic acids is 1. The number of nitrogens with zero attached hydrogens (tertiary/aromatic N) is 1. The van der Waals surface area contributed by atoms with Crippen molar-refractivity contribution in [2.24, 2.45) is 7.05 Å². The van der Waals surface area contributed by atoms with Gasteiger partial charge in [0.15, 0.2) is 0 Å². The molecule has 0 fully saturated rings. The maximum atomic E-state index is 11.1. The Morgan fingerprint density at radius 3 is 2.91 bits per heavy atom. The van der Waals surface area contributed by atoms with Gasteiger partial charge in [0.2, 0.25) is 5.12 Å². The lowest BCUT2D eigenvalue weighted by Crippen LogP contribution is -2.02. The first-order chi connectivity index (χ1) is 11.1. The van der Waals surface area contributed by atoms with Gasteiger partial charge in [-0.05, 0) is 37.5 Å². The molecule has 0 saturated heterocycles. The van der Waals surface area contributed by atoms with E-state index in [0.29, 0.717) is 6.61 Å². The average Bonchev–Trinajstić information content (AvgIpc) is 2.58. The van der Waals surface area contributed by atoms with E-state index >= 15 is 0 Å². The van der Waals surface area contributed by atoms with E-state index in [9.17, 15) is 4.79 Å². The summed E-state index contributed by atoms with van der Waals surface area (Å²) in [5, 5.41) is 1.12. The number of unbranched alkanes of at least 4 members (excludes halogenated alkanes) is 2. The van der Waals surface area contributed by atoms with Crippen LogP contribution in [0.4, 0.5) is 0 Å². The second-order valence-corrected chi connectivity index (χ2v) is 6.72. The van der Waals surface area contributed by atoms with Crippen LogP contribution >= 0.6 is 24.0 Å². The van der Waals surface area contributed by atoms with E-state index in [2.05, 4.69) is 12.6 Å². The molecule has 0 saturated carbocycles. The van der Waals surface area contributed by atoms with Gasteiger partial charge in [-0.1, -0.05) is 42.7 Å². The summed E-state index contributed by atoms with van der Waals surface area (Å²) >= 11 is 6.70. The maximum Gasteiger partial charge on any atom is 0.211 e. The second kappa shape index (κ2) is 8.89. The molecule has 0 bridgehead atoms. The van der Waals surface area contributed by atoms with E-state index in [4.69, 9.17) is 17.0 Å². The molecule has 23 heavy (non-hydrogen) atoms. The van der Waals surface area contributed by atoms with Crippen molar-refractivity contribution in [3.8, 4) is 5.75 Å². The van der Waals surface area contributed by atoms with Gasteiger partial charge in [0.1, 0.15) is 10.4 Å². The van der Waals surface area contributed by atoms with Crippen LogP contribution in [0.3, 0.4) is 0 Å². The number of hydrogen-bond acceptors (Lipinski definition) is 4. The summed E-state index contributed by atoms with van der Waals surface area (Å²) in [6.45, 7) is 4.12. The fourth-order valence-corrected chi connectivity index (χ4v) is 3.17. The summed E-state index contributed by atoms with van der Waals surface area (Å²) in [7, 11) is 1.97. The van der Waals surface area contributed by atoms with Gasteiger partial charge in [0, 0.05) is 24.3 Å². The lowest BCUT2D eigenvalue weighted by atomic mass is 10.2. The van der Waals surface area contributed by atoms with Crippen molar-refractivity contribution in [1.82, 2.24) is 4.57 Å². The number of fused-ring (bicyclic) bond motifs is 1. The Balaban J connectivity index is 1.86. The highest BCUT2D eigenvalue weighted by molar-refractivity contribution is 8.14. The zero-order valence-electron chi connectivity index (χ0n) is 13.3. The largest absolute Gasteiger partial charge is 0.493 e. The lowest BCUT2D eigenvalue weighted by molar-refractivity contribution is -0.107. The molecule has 0 aliphatic carbocycles. The second-order valence-electron chi connectivity index (χ2n) is 5.20. The molecule has 122 valence electrons. The number of benzene rings is 1. The zero-order valence-corrected chi connectivity index (χ0v) is 14.9. The molecule has 0 atom stereocenters. The Bertz CT molecular complexity index is 752. The van der Waals surface area contributed by atoms with Crippen LogP contribution in [0, 0.1) is 4.64 Å². The minimum atomic E-state index is 0.0443. The van der Waals surface area contributed by atoms with Crippen LogP contribution in [0.25, 0.3) is 10.9 Å². The van der Waals surface area contributed by atoms with Crippen molar-refractivity contribution in [3.63, 3.8) is 0 Å². The zero-order chi connectivity index (χ0) is 16.7. The first-order valence-electron chi connectivity index (χ1n) is 7.64. The van der Waals surface area contributed by atoms with Crippen molar-refractivity contribution in [2.75, 3.05) is 12.4 Å². The third kappa shape index (κ3) is 4.94. The summed E-state index contributed by atoms with van der Waals surface area (Å²) in [4.78, 5) is 11.1. The molecule has 0 aliphatic rings. The smallest absolute Gasteiger partial charge is 0.211 e. The molecule has 1 heterocycles. The monoisotopic (exact) mass is 347 g/mol. The molecule has 0 aliphatic heterocycles. The number of carbonyl (C=O) groups is 1. The summed E-state index contributed by atoms with van der Waals surface area (Å²) < 4.78 is 8.69. The van der Waals surface area contributed by atoms with Crippen molar-refractivity contribution in [3.05, 3.63) is 47.6 Å². The minimum Gasteiger partial charge on any atom is -0.493 e. The fourth-order valence-electron chi connectivity index (χ4n) is 2.29. The summed E-state index contributed by atoms with van der Waals surface area (Å²) in [5.41, 5.74) is 1.08. The van der Waals surface area contributed by atoms with E-state index in [1.165, 1.54) is 17.8 Å². The summed E-state index contributed by atoms with van der Waals surface area (Å²) in [6.07, 6.45) is 4.37. The Morgan fingerprint density at radius 1 is 1.35 bits per heavy atom. The Labute approximate surface area is 146 Å². The van der Waals surface area contributed by atoms with Gasteiger partial charge in [-0.2, -0.15) is 0 Å². The van der Waals surface area contributed by atoms with Crippen LogP contribution in [0.1, 0.15) is 19.3 Å². The predicted octanol–water partition coefficient (Wildman–Crippen LogP) is 4.90. The number of hydrogen-bond donors (Lipinski definition) is 0. The van der Waals surface area contributed by atoms with Gasteiger partial charge < -0.3 is 9.30 Å². The van der Waals surface area contributed by atoms with Crippen LogP contribution in [0.2, 0.25) is 0 Å². The molecule has 0 unspecified atom stereocenters. The van der Waals surface area contributed by atoms with E-state index in [0.717, 1.165) is 46.3 Å². The molecule has 0 amide bonds. The first kappa shape index (κ1) is 17.8.